The largest absolute Gasteiger partial charge is 0.490 e. The van der Waals surface area contributed by atoms with Crippen molar-refractivity contribution in [2.24, 2.45) is 0 Å². The predicted octanol–water partition coefficient (Wildman–Crippen LogP) is 2.06. The van der Waals surface area contributed by atoms with Crippen LogP contribution in [0, 0.1) is 0 Å². The Hall–Kier alpha value is -2.50. The molecule has 0 aliphatic carbocycles. The summed E-state index contributed by atoms with van der Waals surface area (Å²) in [5, 5.41) is 12.9. The third kappa shape index (κ3) is 3.28. The first kappa shape index (κ1) is 13.9. The van der Waals surface area contributed by atoms with Gasteiger partial charge in [-0.3, -0.25) is 4.68 Å². The molecule has 0 aliphatic heterocycles. The van der Waals surface area contributed by atoms with Gasteiger partial charge in [-0.25, -0.2) is 4.79 Å². The molecule has 6 heteroatoms. The monoisotopic (exact) mass is 276 g/mol. The molecule has 0 unspecified atom stereocenters. The molecule has 1 aromatic carbocycles. The average Bonchev–Trinajstić information content (AvgIpc) is 2.90. The molecule has 0 saturated carbocycles. The third-order valence-electron chi connectivity index (χ3n) is 2.65. The quantitative estimate of drug-likeness (QED) is 0.838. The summed E-state index contributed by atoms with van der Waals surface area (Å²) in [7, 11) is 0. The van der Waals surface area contributed by atoms with Crippen LogP contribution in [-0.4, -0.2) is 34.1 Å². The summed E-state index contributed by atoms with van der Waals surface area (Å²) < 4.78 is 12.5. The molecule has 0 atom stereocenters. The van der Waals surface area contributed by atoms with Crippen molar-refractivity contribution in [2.45, 2.75) is 13.5 Å². The number of aromatic nitrogens is 2. The topological polar surface area (TPSA) is 73.6 Å². The van der Waals surface area contributed by atoms with Crippen LogP contribution >= 0.6 is 0 Å². The van der Waals surface area contributed by atoms with Crippen LogP contribution in [0.3, 0.4) is 0 Å². The first-order valence-electron chi connectivity index (χ1n) is 6.32. The maximum Gasteiger partial charge on any atom is 0.354 e. The van der Waals surface area contributed by atoms with Crippen molar-refractivity contribution in [2.75, 3.05) is 13.2 Å². The van der Waals surface area contributed by atoms with Crippen LogP contribution in [-0.2, 0) is 6.54 Å². The van der Waals surface area contributed by atoms with Gasteiger partial charge >= 0.3 is 5.97 Å². The second kappa shape index (κ2) is 6.60. The first-order chi connectivity index (χ1) is 9.72. The highest BCUT2D eigenvalue weighted by molar-refractivity contribution is 5.85. The van der Waals surface area contributed by atoms with Gasteiger partial charge in [-0.05, 0) is 25.1 Å². The molecule has 0 spiro atoms. The van der Waals surface area contributed by atoms with Gasteiger partial charge in [-0.2, -0.15) is 5.10 Å². The number of carbonyl (C=O) groups is 1. The number of rotatable bonds is 7. The summed E-state index contributed by atoms with van der Waals surface area (Å²) in [6.07, 6.45) is 1.46. The highest BCUT2D eigenvalue weighted by Gasteiger charge is 2.10. The van der Waals surface area contributed by atoms with Crippen LogP contribution in [0.4, 0.5) is 0 Å². The summed E-state index contributed by atoms with van der Waals surface area (Å²) in [4.78, 5) is 10.9. The van der Waals surface area contributed by atoms with Crippen LogP contribution in [0.1, 0.15) is 17.4 Å². The Bertz CT molecular complexity index is 580. The van der Waals surface area contributed by atoms with Gasteiger partial charge in [-0.1, -0.05) is 12.1 Å². The van der Waals surface area contributed by atoms with Crippen LogP contribution in [0.15, 0.2) is 36.5 Å². The molecule has 6 nitrogen and oxygen atoms in total. The summed E-state index contributed by atoms with van der Waals surface area (Å²) in [6, 6.07) is 8.82. The van der Waals surface area contributed by atoms with Crippen LogP contribution in [0.25, 0.3) is 0 Å². The Kier molecular flexibility index (Phi) is 4.60. The van der Waals surface area contributed by atoms with Gasteiger partial charge in [0.05, 0.1) is 13.2 Å². The van der Waals surface area contributed by atoms with Crippen molar-refractivity contribution >= 4 is 5.97 Å². The van der Waals surface area contributed by atoms with E-state index in [1.165, 1.54) is 16.9 Å². The molecule has 1 N–H and O–H groups in total. The van der Waals surface area contributed by atoms with Crippen molar-refractivity contribution in [3.05, 3.63) is 42.2 Å². The fraction of sp³-hybridized carbons (Fsp3) is 0.286. The number of carboxylic acids is 1. The lowest BCUT2D eigenvalue weighted by Crippen LogP contribution is -2.15. The van der Waals surface area contributed by atoms with E-state index in [4.69, 9.17) is 14.6 Å². The van der Waals surface area contributed by atoms with Gasteiger partial charge in [0.25, 0.3) is 0 Å². The van der Waals surface area contributed by atoms with Crippen molar-refractivity contribution in [3.63, 3.8) is 0 Å². The van der Waals surface area contributed by atoms with Gasteiger partial charge in [0, 0.05) is 6.20 Å². The zero-order valence-corrected chi connectivity index (χ0v) is 11.2. The average molecular weight is 276 g/mol. The van der Waals surface area contributed by atoms with E-state index in [9.17, 15) is 4.79 Å². The minimum atomic E-state index is -1.00. The Morgan fingerprint density at radius 2 is 1.95 bits per heavy atom. The number of nitrogens with zero attached hydrogens (tertiary/aromatic N) is 2. The SMILES string of the molecule is CCOc1ccccc1OCCn1nccc1C(=O)O. The van der Waals surface area contributed by atoms with E-state index < -0.39 is 5.97 Å². The van der Waals surface area contributed by atoms with Crippen LogP contribution in [0.2, 0.25) is 0 Å². The molecule has 0 fully saturated rings. The minimum absolute atomic E-state index is 0.145. The predicted molar refractivity (Wildman–Crippen MR) is 72.3 cm³/mol. The first-order valence-corrected chi connectivity index (χ1v) is 6.32. The number of carboxylic acid groups (broad SMARTS) is 1. The number of aromatic carboxylic acids is 1. The lowest BCUT2D eigenvalue weighted by atomic mass is 10.3. The molecular weight excluding hydrogens is 260 g/mol. The van der Waals surface area contributed by atoms with Gasteiger partial charge in [0.15, 0.2) is 11.5 Å². The van der Waals surface area contributed by atoms with Crippen molar-refractivity contribution in [1.82, 2.24) is 9.78 Å². The molecule has 2 aromatic rings. The highest BCUT2D eigenvalue weighted by atomic mass is 16.5. The fourth-order valence-electron chi connectivity index (χ4n) is 1.78. The molecule has 1 heterocycles. The van der Waals surface area contributed by atoms with Crippen molar-refractivity contribution in [3.8, 4) is 11.5 Å². The second-order valence-corrected chi connectivity index (χ2v) is 3.97. The van der Waals surface area contributed by atoms with Crippen LogP contribution in [0.5, 0.6) is 11.5 Å². The Morgan fingerprint density at radius 1 is 1.25 bits per heavy atom. The summed E-state index contributed by atoms with van der Waals surface area (Å²) >= 11 is 0. The molecule has 0 aliphatic rings. The lowest BCUT2D eigenvalue weighted by molar-refractivity contribution is 0.0682. The van der Waals surface area contributed by atoms with E-state index in [1.807, 2.05) is 31.2 Å². The number of para-hydroxylation sites is 2. The fourth-order valence-corrected chi connectivity index (χ4v) is 1.78. The lowest BCUT2D eigenvalue weighted by Gasteiger charge is -2.12. The maximum atomic E-state index is 10.9. The van der Waals surface area contributed by atoms with E-state index in [0.717, 1.165) is 0 Å². The van der Waals surface area contributed by atoms with Gasteiger partial charge in [-0.15, -0.1) is 0 Å². The van der Waals surface area contributed by atoms with E-state index in [2.05, 4.69) is 5.10 Å². The smallest absolute Gasteiger partial charge is 0.354 e. The zero-order chi connectivity index (χ0) is 14.4. The number of benzene rings is 1. The van der Waals surface area contributed by atoms with Gasteiger partial charge in [0.2, 0.25) is 0 Å². The van der Waals surface area contributed by atoms with E-state index in [1.54, 1.807) is 0 Å². The molecular formula is C14H16N2O4. The van der Waals surface area contributed by atoms with Gasteiger partial charge in [0.1, 0.15) is 12.3 Å². The Labute approximate surface area is 116 Å². The molecule has 20 heavy (non-hydrogen) atoms. The van der Waals surface area contributed by atoms with Gasteiger partial charge < -0.3 is 14.6 Å². The minimum Gasteiger partial charge on any atom is -0.490 e. The molecule has 1 aromatic heterocycles. The Morgan fingerprint density at radius 3 is 2.60 bits per heavy atom. The maximum absolute atomic E-state index is 10.9. The number of hydrogen-bond donors (Lipinski definition) is 1. The molecule has 0 bridgehead atoms. The summed E-state index contributed by atoms with van der Waals surface area (Å²) in [5.74, 6) is 0.310. The van der Waals surface area contributed by atoms with E-state index in [-0.39, 0.29) is 5.69 Å². The molecule has 106 valence electrons. The number of hydrogen-bond acceptors (Lipinski definition) is 4. The normalized spacial score (nSPS) is 10.2. The standard InChI is InChI=1S/C14H16N2O4/c1-2-19-12-5-3-4-6-13(12)20-10-9-16-11(14(17)18)7-8-15-16/h3-8H,2,9-10H2,1H3,(H,17,18). The van der Waals surface area contributed by atoms with Crippen molar-refractivity contribution in [1.29, 1.82) is 0 Å². The third-order valence-corrected chi connectivity index (χ3v) is 2.65. The summed E-state index contributed by atoms with van der Waals surface area (Å²) in [5.41, 5.74) is 0.145. The van der Waals surface area contributed by atoms with Crippen molar-refractivity contribution < 1.29 is 19.4 Å². The molecule has 0 amide bonds. The molecule has 0 saturated heterocycles. The van der Waals surface area contributed by atoms with Crippen LogP contribution < -0.4 is 9.47 Å². The van der Waals surface area contributed by atoms with E-state index in [0.29, 0.717) is 31.3 Å². The zero-order valence-electron chi connectivity index (χ0n) is 11.2. The summed E-state index contributed by atoms with van der Waals surface area (Å²) in [6.45, 7) is 3.13. The highest BCUT2D eigenvalue weighted by Crippen LogP contribution is 2.26. The van der Waals surface area contributed by atoms with E-state index >= 15 is 0 Å². The molecule has 2 rings (SSSR count). The number of ether oxygens (including phenoxy) is 2. The second-order valence-electron chi connectivity index (χ2n) is 3.97. The molecule has 0 radical (unpaired) electrons. The Balaban J connectivity index is 1.96.